The number of benzene rings is 1. The van der Waals surface area contributed by atoms with E-state index in [2.05, 4.69) is 4.99 Å². The van der Waals surface area contributed by atoms with Crippen LogP contribution in [0.1, 0.15) is 12.8 Å². The van der Waals surface area contributed by atoms with Crippen molar-refractivity contribution in [1.29, 1.82) is 0 Å². The molecular weight excluding hydrogens is 412 g/mol. The molecule has 2 heterocycles. The van der Waals surface area contributed by atoms with Crippen LogP contribution in [0.15, 0.2) is 17.1 Å². The molecule has 0 aromatic heterocycles. The molecule has 7 nitrogen and oxygen atoms in total. The lowest BCUT2D eigenvalue weighted by molar-refractivity contribution is -0.118. The largest absolute Gasteiger partial charge is 0.495 e. The van der Waals surface area contributed by atoms with Gasteiger partial charge in [-0.3, -0.25) is 4.79 Å². The molecule has 1 amide bonds. The van der Waals surface area contributed by atoms with Gasteiger partial charge in [-0.1, -0.05) is 23.4 Å². The summed E-state index contributed by atoms with van der Waals surface area (Å²) >= 11 is 7.65. The number of hydrogen-bond acceptors (Lipinski definition) is 6. The Balaban J connectivity index is 1.80. The van der Waals surface area contributed by atoms with E-state index in [-0.39, 0.29) is 34.6 Å². The van der Waals surface area contributed by atoms with E-state index in [0.717, 1.165) is 12.8 Å². The number of sulfone groups is 1. The second kappa shape index (κ2) is 6.86. The number of amides is 1. The number of nitrogens with zero attached hydrogens (tertiary/aromatic N) is 2. The molecular formula is C17H19ClN2O5S2. The third-order valence-corrected chi connectivity index (χ3v) is 8.42. The number of fused-ring (bicyclic) bond motifs is 1. The summed E-state index contributed by atoms with van der Waals surface area (Å²) < 4.78 is 35.1. The number of carbonyl (C=O) groups is 1. The van der Waals surface area contributed by atoms with E-state index in [0.29, 0.717) is 27.4 Å². The molecule has 1 aromatic carbocycles. The van der Waals surface area contributed by atoms with Gasteiger partial charge in [0.2, 0.25) is 0 Å². The first-order valence-corrected chi connectivity index (χ1v) is 11.6. The first-order valence-electron chi connectivity index (χ1n) is 8.53. The van der Waals surface area contributed by atoms with Gasteiger partial charge in [-0.25, -0.2) is 8.42 Å². The molecule has 27 heavy (non-hydrogen) atoms. The number of amidine groups is 1. The van der Waals surface area contributed by atoms with E-state index < -0.39 is 9.84 Å². The van der Waals surface area contributed by atoms with Crippen molar-refractivity contribution in [2.75, 3.05) is 30.6 Å². The third-order valence-electron chi connectivity index (χ3n) is 4.91. The van der Waals surface area contributed by atoms with Crippen molar-refractivity contribution in [3.8, 4) is 11.5 Å². The summed E-state index contributed by atoms with van der Waals surface area (Å²) in [4.78, 5) is 18.4. The van der Waals surface area contributed by atoms with Gasteiger partial charge in [0.1, 0.15) is 11.5 Å². The van der Waals surface area contributed by atoms with Crippen molar-refractivity contribution in [2.24, 2.45) is 10.9 Å². The summed E-state index contributed by atoms with van der Waals surface area (Å²) in [5, 5.41) is 0.707. The number of anilines is 1. The highest BCUT2D eigenvalue weighted by molar-refractivity contribution is 8.16. The Morgan fingerprint density at radius 1 is 1.22 bits per heavy atom. The molecule has 0 radical (unpaired) electrons. The van der Waals surface area contributed by atoms with E-state index in [1.54, 1.807) is 17.0 Å². The highest BCUT2D eigenvalue weighted by atomic mass is 35.5. The maximum atomic E-state index is 12.3. The Hall–Kier alpha value is -1.45. The number of aliphatic imine (C=N–C) groups is 1. The van der Waals surface area contributed by atoms with Gasteiger partial charge in [-0.05, 0) is 18.9 Å². The van der Waals surface area contributed by atoms with E-state index in [1.807, 2.05) is 0 Å². The van der Waals surface area contributed by atoms with Crippen molar-refractivity contribution in [3.63, 3.8) is 0 Å². The SMILES string of the molecule is COc1cc(OC)c(N2C(=NC(=O)C3CC3)S[C@@H]3CS(=O)(=O)C[C@@H]32)cc1Cl. The standard InChI is InChI=1S/C17H19ClN2O5S2/c1-24-13-6-14(25-2)11(5-10(13)18)20-12-7-27(22,23)8-15(12)26-17(20)19-16(21)9-3-4-9/h5-6,9,12,15H,3-4,7-8H2,1-2H3/t12-,15+/m0/s1. The van der Waals surface area contributed by atoms with Gasteiger partial charge in [0, 0.05) is 17.2 Å². The fraction of sp³-hybridized carbons (Fsp3) is 0.529. The average molecular weight is 431 g/mol. The molecule has 0 bridgehead atoms. The Labute approximate surface area is 167 Å². The maximum absolute atomic E-state index is 12.3. The highest BCUT2D eigenvalue weighted by Crippen LogP contribution is 2.46. The molecule has 146 valence electrons. The van der Waals surface area contributed by atoms with Gasteiger partial charge < -0.3 is 14.4 Å². The molecule has 3 fully saturated rings. The Morgan fingerprint density at radius 3 is 2.56 bits per heavy atom. The Morgan fingerprint density at radius 2 is 1.93 bits per heavy atom. The van der Waals surface area contributed by atoms with E-state index in [4.69, 9.17) is 21.1 Å². The van der Waals surface area contributed by atoms with Crippen molar-refractivity contribution < 1.29 is 22.7 Å². The van der Waals surface area contributed by atoms with Crippen molar-refractivity contribution in [1.82, 2.24) is 0 Å². The minimum absolute atomic E-state index is 0.00804. The third kappa shape index (κ3) is 3.52. The summed E-state index contributed by atoms with van der Waals surface area (Å²) in [7, 11) is -0.121. The van der Waals surface area contributed by atoms with Gasteiger partial charge in [0.15, 0.2) is 15.0 Å². The summed E-state index contributed by atoms with van der Waals surface area (Å²) in [6.45, 7) is 0. The van der Waals surface area contributed by atoms with Crippen LogP contribution in [0.4, 0.5) is 5.69 Å². The van der Waals surface area contributed by atoms with Gasteiger partial charge in [-0.2, -0.15) is 4.99 Å². The smallest absolute Gasteiger partial charge is 0.251 e. The monoisotopic (exact) mass is 430 g/mol. The predicted molar refractivity (Wildman–Crippen MR) is 106 cm³/mol. The first-order chi connectivity index (χ1) is 12.8. The van der Waals surface area contributed by atoms with Gasteiger partial charge in [-0.15, -0.1) is 0 Å². The van der Waals surface area contributed by atoms with Crippen LogP contribution in [0.3, 0.4) is 0 Å². The van der Waals surface area contributed by atoms with Crippen LogP contribution in [0.5, 0.6) is 11.5 Å². The summed E-state index contributed by atoms with van der Waals surface area (Å²) in [5.74, 6) is 0.852. The molecule has 10 heteroatoms. The first kappa shape index (κ1) is 18.9. The highest BCUT2D eigenvalue weighted by Gasteiger charge is 2.50. The zero-order valence-electron chi connectivity index (χ0n) is 14.8. The quantitative estimate of drug-likeness (QED) is 0.724. The predicted octanol–water partition coefficient (Wildman–Crippen LogP) is 2.37. The molecule has 1 aromatic rings. The van der Waals surface area contributed by atoms with Crippen LogP contribution in [0, 0.1) is 5.92 Å². The average Bonchev–Trinajstić information content (AvgIpc) is 3.35. The number of rotatable bonds is 4. The van der Waals surface area contributed by atoms with E-state index in [1.165, 1.54) is 26.0 Å². The lowest BCUT2D eigenvalue weighted by Gasteiger charge is -2.26. The van der Waals surface area contributed by atoms with Crippen LogP contribution in [-0.2, 0) is 14.6 Å². The normalized spacial score (nSPS) is 27.7. The molecule has 1 saturated carbocycles. The molecule has 0 spiro atoms. The van der Waals surface area contributed by atoms with Gasteiger partial charge in [0.25, 0.3) is 5.91 Å². The summed E-state index contributed by atoms with van der Waals surface area (Å²) in [5.41, 5.74) is 0.586. The molecule has 2 atom stereocenters. The molecule has 0 N–H and O–H groups in total. The molecule has 2 aliphatic heterocycles. The maximum Gasteiger partial charge on any atom is 0.251 e. The van der Waals surface area contributed by atoms with E-state index >= 15 is 0 Å². The van der Waals surface area contributed by atoms with E-state index in [9.17, 15) is 13.2 Å². The van der Waals surface area contributed by atoms with Gasteiger partial charge >= 0.3 is 0 Å². The number of halogens is 1. The van der Waals surface area contributed by atoms with Crippen molar-refractivity contribution in [3.05, 3.63) is 17.2 Å². The second-order valence-electron chi connectivity index (χ2n) is 6.84. The lowest BCUT2D eigenvalue weighted by atomic mass is 10.2. The molecule has 1 aliphatic carbocycles. The fourth-order valence-electron chi connectivity index (χ4n) is 3.39. The number of ether oxygens (including phenoxy) is 2. The number of methoxy groups -OCH3 is 2. The minimum Gasteiger partial charge on any atom is -0.495 e. The van der Waals surface area contributed by atoms with Crippen LogP contribution in [0.2, 0.25) is 5.02 Å². The number of carbonyl (C=O) groups excluding carboxylic acids is 1. The second-order valence-corrected chi connectivity index (χ2v) is 10.6. The zero-order valence-corrected chi connectivity index (χ0v) is 17.2. The number of thioether (sulfide) groups is 1. The van der Waals surface area contributed by atoms with Crippen molar-refractivity contribution in [2.45, 2.75) is 24.1 Å². The minimum atomic E-state index is -3.15. The zero-order chi connectivity index (χ0) is 19.3. The molecule has 3 aliphatic rings. The molecule has 0 unspecified atom stereocenters. The fourth-order valence-corrected chi connectivity index (χ4v) is 7.54. The topological polar surface area (TPSA) is 85.3 Å². The van der Waals surface area contributed by atoms with Crippen molar-refractivity contribution >= 4 is 50.0 Å². The Kier molecular flexibility index (Phi) is 4.80. The summed E-state index contributed by atoms with van der Waals surface area (Å²) in [6.07, 6.45) is 1.72. The van der Waals surface area contributed by atoms with Crippen LogP contribution in [0.25, 0.3) is 0 Å². The molecule has 2 saturated heterocycles. The van der Waals surface area contributed by atoms with Crippen LogP contribution in [-0.4, -0.2) is 56.5 Å². The lowest BCUT2D eigenvalue weighted by Crippen LogP contribution is -2.38. The Bertz CT molecular complexity index is 929. The van der Waals surface area contributed by atoms with Gasteiger partial charge in [0.05, 0.1) is 42.5 Å². The van der Waals surface area contributed by atoms with Crippen LogP contribution >= 0.6 is 23.4 Å². The van der Waals surface area contributed by atoms with Crippen LogP contribution < -0.4 is 14.4 Å². The molecule has 4 rings (SSSR count). The summed E-state index contributed by atoms with van der Waals surface area (Å²) in [6, 6.07) is 3.01. The number of hydrogen-bond donors (Lipinski definition) is 0.